The van der Waals surface area contributed by atoms with Gasteiger partial charge in [-0.15, -0.1) is 0 Å². The highest BCUT2D eigenvalue weighted by atomic mass is 16.5. The minimum Gasteiger partial charge on any atom is -0.493 e. The van der Waals surface area contributed by atoms with E-state index in [4.69, 9.17) is 4.74 Å². The zero-order valence-corrected chi connectivity index (χ0v) is 14.1. The van der Waals surface area contributed by atoms with E-state index in [1.54, 1.807) is 0 Å². The van der Waals surface area contributed by atoms with Crippen molar-refractivity contribution >= 4 is 5.91 Å². The minimum absolute atomic E-state index is 0.0517. The van der Waals surface area contributed by atoms with Gasteiger partial charge in [0.05, 0.1) is 19.1 Å². The predicted octanol–water partition coefficient (Wildman–Crippen LogP) is 1.71. The summed E-state index contributed by atoms with van der Waals surface area (Å²) in [6.45, 7) is 2.43. The summed E-state index contributed by atoms with van der Waals surface area (Å²) in [5.41, 5.74) is 0. The number of hydrogen-bond acceptors (Lipinski definition) is 4. The Bertz CT molecular complexity index is 511. The molecular weight excluding hydrogens is 304 g/mol. The molecule has 3 N–H and O–H groups in total. The molecule has 3 rings (SSSR count). The van der Waals surface area contributed by atoms with E-state index in [0.29, 0.717) is 24.9 Å². The fraction of sp³-hybridized carbons (Fsp3) is 0.632. The zero-order valence-electron chi connectivity index (χ0n) is 14.1. The molecule has 1 aliphatic heterocycles. The first kappa shape index (κ1) is 17.2. The summed E-state index contributed by atoms with van der Waals surface area (Å²) in [5, 5.41) is 16.2. The molecule has 1 aromatic carbocycles. The van der Waals surface area contributed by atoms with Gasteiger partial charge in [0.25, 0.3) is 0 Å². The number of hydrogen-bond donors (Lipinski definition) is 3. The number of carbonyl (C=O) groups is 1. The molecule has 0 aromatic heterocycles. The van der Waals surface area contributed by atoms with Gasteiger partial charge < -0.3 is 20.5 Å². The van der Waals surface area contributed by atoms with Gasteiger partial charge in [-0.1, -0.05) is 18.2 Å². The van der Waals surface area contributed by atoms with Gasteiger partial charge in [0.15, 0.2) is 0 Å². The molecule has 0 radical (unpaired) electrons. The number of nitrogens with one attached hydrogen (secondary N) is 2. The quantitative estimate of drug-likeness (QED) is 0.711. The molecule has 1 saturated carbocycles. The third kappa shape index (κ3) is 4.71. The number of piperidine rings is 1. The van der Waals surface area contributed by atoms with Crippen molar-refractivity contribution in [3.63, 3.8) is 0 Å². The van der Waals surface area contributed by atoms with Crippen molar-refractivity contribution in [3.8, 4) is 5.75 Å². The second-order valence-electron chi connectivity index (χ2n) is 6.98. The first-order chi connectivity index (χ1) is 11.7. The highest BCUT2D eigenvalue weighted by Gasteiger charge is 2.39. The number of carbonyl (C=O) groups excluding carboxylic acids is 1. The van der Waals surface area contributed by atoms with Crippen LogP contribution in [-0.4, -0.2) is 42.9 Å². The minimum atomic E-state index is -0.183. The lowest BCUT2D eigenvalue weighted by Gasteiger charge is -2.43. The Hall–Kier alpha value is -1.59. The molecule has 1 saturated heterocycles. The Morgan fingerprint density at radius 3 is 2.58 bits per heavy atom. The molecule has 1 heterocycles. The molecule has 0 unspecified atom stereocenters. The molecule has 2 aliphatic rings. The van der Waals surface area contributed by atoms with Crippen LogP contribution in [0.5, 0.6) is 5.75 Å². The van der Waals surface area contributed by atoms with Crippen molar-refractivity contribution < 1.29 is 14.6 Å². The molecule has 132 valence electrons. The molecule has 1 aromatic rings. The summed E-state index contributed by atoms with van der Waals surface area (Å²) in [4.78, 5) is 12.3. The van der Waals surface area contributed by atoms with Crippen LogP contribution in [0.15, 0.2) is 30.3 Å². The average Bonchev–Trinajstić information content (AvgIpc) is 2.59. The Kier molecular flexibility index (Phi) is 6.10. The lowest BCUT2D eigenvalue weighted by molar-refractivity contribution is -0.124. The van der Waals surface area contributed by atoms with Crippen LogP contribution in [-0.2, 0) is 4.79 Å². The molecule has 0 spiro atoms. The summed E-state index contributed by atoms with van der Waals surface area (Å²) in [5.74, 6) is 1.78. The van der Waals surface area contributed by atoms with Gasteiger partial charge in [-0.05, 0) is 62.7 Å². The Labute approximate surface area is 143 Å². The van der Waals surface area contributed by atoms with Crippen LogP contribution in [0.2, 0.25) is 0 Å². The summed E-state index contributed by atoms with van der Waals surface area (Å²) in [6, 6.07) is 9.77. The zero-order chi connectivity index (χ0) is 16.8. The summed E-state index contributed by atoms with van der Waals surface area (Å²) in [7, 11) is 0. The Balaban J connectivity index is 1.47. The Morgan fingerprint density at radius 1 is 1.21 bits per heavy atom. The van der Waals surface area contributed by atoms with Crippen molar-refractivity contribution in [1.82, 2.24) is 10.6 Å². The van der Waals surface area contributed by atoms with Gasteiger partial charge in [-0.3, -0.25) is 4.79 Å². The molecule has 2 fully saturated rings. The highest BCUT2D eigenvalue weighted by Crippen LogP contribution is 2.35. The van der Waals surface area contributed by atoms with E-state index in [1.807, 2.05) is 30.3 Å². The first-order valence-electron chi connectivity index (χ1n) is 9.08. The van der Waals surface area contributed by atoms with Crippen molar-refractivity contribution in [2.24, 2.45) is 11.8 Å². The lowest BCUT2D eigenvalue weighted by Crippen LogP contribution is -2.53. The van der Waals surface area contributed by atoms with Gasteiger partial charge in [-0.25, -0.2) is 0 Å². The van der Waals surface area contributed by atoms with Gasteiger partial charge in [0.1, 0.15) is 5.75 Å². The third-order valence-corrected chi connectivity index (χ3v) is 5.22. The van der Waals surface area contributed by atoms with Crippen molar-refractivity contribution in [2.75, 3.05) is 19.7 Å². The van der Waals surface area contributed by atoms with E-state index in [1.165, 1.54) is 0 Å². The van der Waals surface area contributed by atoms with E-state index < -0.39 is 0 Å². The normalized spacial score (nSPS) is 25.5. The van der Waals surface area contributed by atoms with E-state index >= 15 is 0 Å². The fourth-order valence-electron chi connectivity index (χ4n) is 3.78. The maximum Gasteiger partial charge on any atom is 0.223 e. The van der Waals surface area contributed by atoms with Crippen molar-refractivity contribution in [2.45, 2.75) is 44.2 Å². The van der Waals surface area contributed by atoms with Crippen LogP contribution in [0.1, 0.15) is 32.1 Å². The van der Waals surface area contributed by atoms with Crippen molar-refractivity contribution in [3.05, 3.63) is 30.3 Å². The predicted molar refractivity (Wildman–Crippen MR) is 92.8 cm³/mol. The summed E-state index contributed by atoms with van der Waals surface area (Å²) in [6.07, 6.45) is 4.00. The van der Waals surface area contributed by atoms with Crippen LogP contribution in [0.4, 0.5) is 0 Å². The molecule has 5 nitrogen and oxygen atoms in total. The highest BCUT2D eigenvalue weighted by molar-refractivity contribution is 5.76. The molecule has 5 heteroatoms. The number of ether oxygens (including phenoxy) is 1. The van der Waals surface area contributed by atoms with E-state index in [-0.39, 0.29) is 18.1 Å². The van der Waals surface area contributed by atoms with Gasteiger partial charge in [0, 0.05) is 6.04 Å². The van der Waals surface area contributed by atoms with Crippen LogP contribution in [0.3, 0.4) is 0 Å². The number of aliphatic hydroxyl groups excluding tert-OH is 1. The molecule has 1 amide bonds. The Morgan fingerprint density at radius 2 is 1.92 bits per heavy atom. The first-order valence-corrected chi connectivity index (χ1v) is 9.08. The second kappa shape index (κ2) is 8.49. The average molecular weight is 332 g/mol. The smallest absolute Gasteiger partial charge is 0.223 e. The standard InChI is InChI=1S/C19H28N2O3/c22-16-12-15(13-16)19(14-6-9-20-10-7-14)21-18(23)8-11-24-17-4-2-1-3-5-17/h1-5,14-16,19-20,22H,6-13H2,(H,21,23)/t15?,16?,19-/m1/s1. The van der Waals surface area contributed by atoms with Gasteiger partial charge >= 0.3 is 0 Å². The van der Waals surface area contributed by atoms with Crippen molar-refractivity contribution in [1.29, 1.82) is 0 Å². The van der Waals surface area contributed by atoms with E-state index in [9.17, 15) is 9.90 Å². The number of benzene rings is 1. The molecule has 24 heavy (non-hydrogen) atoms. The summed E-state index contributed by atoms with van der Waals surface area (Å²) < 4.78 is 5.61. The number of rotatable bonds is 7. The number of aliphatic hydroxyl groups is 1. The van der Waals surface area contributed by atoms with E-state index in [0.717, 1.165) is 44.5 Å². The van der Waals surface area contributed by atoms with Gasteiger partial charge in [-0.2, -0.15) is 0 Å². The molecule has 0 bridgehead atoms. The van der Waals surface area contributed by atoms with Crippen LogP contribution >= 0.6 is 0 Å². The van der Waals surface area contributed by atoms with E-state index in [2.05, 4.69) is 10.6 Å². The molecule has 1 atom stereocenters. The van der Waals surface area contributed by atoms with Gasteiger partial charge in [0.2, 0.25) is 5.91 Å². The second-order valence-corrected chi connectivity index (χ2v) is 6.98. The summed E-state index contributed by atoms with van der Waals surface area (Å²) >= 11 is 0. The van der Waals surface area contributed by atoms with Crippen LogP contribution in [0, 0.1) is 11.8 Å². The number of amides is 1. The maximum absolute atomic E-state index is 12.3. The molecule has 1 aliphatic carbocycles. The van der Waals surface area contributed by atoms with Crippen LogP contribution in [0.25, 0.3) is 0 Å². The third-order valence-electron chi connectivity index (χ3n) is 5.22. The maximum atomic E-state index is 12.3. The monoisotopic (exact) mass is 332 g/mol. The largest absolute Gasteiger partial charge is 0.493 e. The SMILES string of the molecule is O=C(CCOc1ccccc1)N[C@H](C1CCNCC1)C1CC(O)C1. The fourth-order valence-corrected chi connectivity index (χ4v) is 3.78. The lowest BCUT2D eigenvalue weighted by atomic mass is 9.71. The molecular formula is C19H28N2O3. The van der Waals surface area contributed by atoms with Crippen LogP contribution < -0.4 is 15.4 Å². The number of para-hydroxylation sites is 1. The topological polar surface area (TPSA) is 70.6 Å².